The summed E-state index contributed by atoms with van der Waals surface area (Å²) in [5, 5.41) is 0.0577. The number of ether oxygens (including phenoxy) is 1. The zero-order valence-corrected chi connectivity index (χ0v) is 13.4. The second-order valence-corrected chi connectivity index (χ2v) is 5.45. The van der Waals surface area contributed by atoms with Crippen LogP contribution in [0, 0.1) is 20.8 Å². The summed E-state index contributed by atoms with van der Waals surface area (Å²) in [6.45, 7) is 5.46. The molecule has 0 saturated carbocycles. The molecule has 0 bridgehead atoms. The van der Waals surface area contributed by atoms with Gasteiger partial charge in [-0.1, -0.05) is 17.7 Å². The molecule has 5 heteroatoms. The van der Waals surface area contributed by atoms with Gasteiger partial charge < -0.3 is 4.74 Å². The maximum atomic E-state index is 12.2. The third kappa shape index (κ3) is 3.52. The number of pyridine rings is 1. The van der Waals surface area contributed by atoms with Gasteiger partial charge in [-0.15, -0.1) is 0 Å². The lowest BCUT2D eigenvalue weighted by atomic mass is 9.98. The summed E-state index contributed by atoms with van der Waals surface area (Å²) in [6, 6.07) is 6.85. The van der Waals surface area contributed by atoms with Crippen LogP contribution >= 0.6 is 11.6 Å². The molecule has 0 aliphatic heterocycles. The number of esters is 1. The van der Waals surface area contributed by atoms with E-state index in [-0.39, 0.29) is 23.1 Å². The van der Waals surface area contributed by atoms with E-state index >= 15 is 0 Å². The Balaban J connectivity index is 2.09. The number of benzene rings is 1. The van der Waals surface area contributed by atoms with E-state index in [9.17, 15) is 9.59 Å². The first-order valence-corrected chi connectivity index (χ1v) is 7.16. The Labute approximate surface area is 134 Å². The maximum Gasteiger partial charge on any atom is 0.341 e. The number of Topliss-reactive ketones (excluding diaryl/α,β-unsaturated/α-hetero) is 1. The van der Waals surface area contributed by atoms with Crippen LogP contribution in [0.4, 0.5) is 0 Å². The predicted molar refractivity (Wildman–Crippen MR) is 84.5 cm³/mol. The van der Waals surface area contributed by atoms with Gasteiger partial charge in [0.1, 0.15) is 5.15 Å². The van der Waals surface area contributed by atoms with Gasteiger partial charge >= 0.3 is 5.97 Å². The molecule has 0 spiro atoms. The molecule has 0 unspecified atom stereocenters. The third-order valence-electron chi connectivity index (χ3n) is 3.45. The molecule has 4 nitrogen and oxygen atoms in total. The van der Waals surface area contributed by atoms with Gasteiger partial charge in [0.2, 0.25) is 5.78 Å². The highest BCUT2D eigenvalue weighted by atomic mass is 35.5. The van der Waals surface area contributed by atoms with Crippen molar-refractivity contribution in [3.8, 4) is 0 Å². The van der Waals surface area contributed by atoms with Crippen molar-refractivity contribution in [2.45, 2.75) is 20.8 Å². The van der Waals surface area contributed by atoms with E-state index in [1.165, 1.54) is 12.3 Å². The fraction of sp³-hybridized carbons (Fsp3) is 0.235. The van der Waals surface area contributed by atoms with Crippen LogP contribution in [0.15, 0.2) is 30.5 Å². The average Bonchev–Trinajstić information content (AvgIpc) is 2.48. The Kier molecular flexibility index (Phi) is 4.93. The molecule has 1 aromatic carbocycles. The molecule has 0 atom stereocenters. The van der Waals surface area contributed by atoms with E-state index in [0.717, 1.165) is 16.7 Å². The van der Waals surface area contributed by atoms with Crippen molar-refractivity contribution in [1.82, 2.24) is 4.98 Å². The topological polar surface area (TPSA) is 56.3 Å². The fourth-order valence-electron chi connectivity index (χ4n) is 2.09. The van der Waals surface area contributed by atoms with Crippen LogP contribution in [-0.2, 0) is 4.74 Å². The fourth-order valence-corrected chi connectivity index (χ4v) is 2.28. The van der Waals surface area contributed by atoms with Crippen molar-refractivity contribution >= 4 is 23.4 Å². The number of carbonyl (C=O) groups is 2. The van der Waals surface area contributed by atoms with Crippen LogP contribution in [0.5, 0.6) is 0 Å². The molecule has 0 radical (unpaired) electrons. The molecular formula is C17H16ClNO3. The quantitative estimate of drug-likeness (QED) is 0.490. The van der Waals surface area contributed by atoms with Gasteiger partial charge in [0.15, 0.2) is 6.61 Å². The minimum absolute atomic E-state index is 0.0577. The monoisotopic (exact) mass is 317 g/mol. The first-order valence-electron chi connectivity index (χ1n) is 6.79. The minimum atomic E-state index is -0.659. The molecule has 0 aliphatic carbocycles. The van der Waals surface area contributed by atoms with E-state index in [4.69, 9.17) is 16.3 Å². The maximum absolute atomic E-state index is 12.2. The van der Waals surface area contributed by atoms with Gasteiger partial charge in [-0.3, -0.25) is 4.79 Å². The largest absolute Gasteiger partial charge is 0.454 e. The van der Waals surface area contributed by atoms with Crippen molar-refractivity contribution in [2.75, 3.05) is 6.61 Å². The van der Waals surface area contributed by atoms with Crippen molar-refractivity contribution < 1.29 is 14.3 Å². The van der Waals surface area contributed by atoms with Gasteiger partial charge in [0.05, 0.1) is 5.56 Å². The van der Waals surface area contributed by atoms with Crippen LogP contribution in [0.1, 0.15) is 37.4 Å². The molecule has 22 heavy (non-hydrogen) atoms. The lowest BCUT2D eigenvalue weighted by Gasteiger charge is -2.10. The highest BCUT2D eigenvalue weighted by molar-refractivity contribution is 6.32. The molecule has 1 heterocycles. The molecule has 0 amide bonds. The van der Waals surface area contributed by atoms with Gasteiger partial charge in [0.25, 0.3) is 0 Å². The van der Waals surface area contributed by atoms with Crippen LogP contribution in [-0.4, -0.2) is 23.3 Å². The summed E-state index contributed by atoms with van der Waals surface area (Å²) in [7, 11) is 0. The lowest BCUT2D eigenvalue weighted by Crippen LogP contribution is -2.16. The predicted octanol–water partition coefficient (Wildman–Crippen LogP) is 3.70. The zero-order chi connectivity index (χ0) is 16.3. The smallest absolute Gasteiger partial charge is 0.341 e. The number of nitrogens with zero attached hydrogens (tertiary/aromatic N) is 1. The molecule has 0 aliphatic rings. The Morgan fingerprint density at radius 2 is 1.77 bits per heavy atom. The molecule has 0 saturated heterocycles. The number of aryl methyl sites for hydroxylation is 3. The van der Waals surface area contributed by atoms with Crippen LogP contribution in [0.2, 0.25) is 5.15 Å². The van der Waals surface area contributed by atoms with Crippen molar-refractivity contribution in [2.24, 2.45) is 0 Å². The first kappa shape index (κ1) is 16.2. The minimum Gasteiger partial charge on any atom is -0.454 e. The number of halogens is 1. The number of rotatable bonds is 4. The van der Waals surface area contributed by atoms with Gasteiger partial charge in [0, 0.05) is 11.8 Å². The number of hydrogen-bond donors (Lipinski definition) is 0. The Bertz CT molecular complexity index is 741. The zero-order valence-electron chi connectivity index (χ0n) is 12.6. The molecule has 1 aromatic heterocycles. The SMILES string of the molecule is Cc1cc(C)c(C(=O)COC(=O)c2cccnc2Cl)cc1C. The Morgan fingerprint density at radius 1 is 1.09 bits per heavy atom. The number of ketones is 1. The Hall–Kier alpha value is -2.20. The van der Waals surface area contributed by atoms with Crippen molar-refractivity contribution in [1.29, 1.82) is 0 Å². The van der Waals surface area contributed by atoms with E-state index in [1.807, 2.05) is 32.9 Å². The first-order chi connectivity index (χ1) is 10.4. The number of hydrogen-bond acceptors (Lipinski definition) is 4. The third-order valence-corrected chi connectivity index (χ3v) is 3.76. The van der Waals surface area contributed by atoms with E-state index in [0.29, 0.717) is 5.56 Å². The summed E-state index contributed by atoms with van der Waals surface area (Å²) < 4.78 is 5.04. The van der Waals surface area contributed by atoms with E-state index < -0.39 is 5.97 Å². The highest BCUT2D eigenvalue weighted by Crippen LogP contribution is 2.17. The van der Waals surface area contributed by atoms with Crippen molar-refractivity contribution in [3.05, 3.63) is 63.4 Å². The molecule has 2 aromatic rings. The Morgan fingerprint density at radius 3 is 2.45 bits per heavy atom. The molecule has 0 N–H and O–H groups in total. The second kappa shape index (κ2) is 6.71. The average molecular weight is 318 g/mol. The molecular weight excluding hydrogens is 302 g/mol. The summed E-state index contributed by atoms with van der Waals surface area (Å²) in [5.74, 6) is -0.901. The normalized spacial score (nSPS) is 10.4. The molecule has 0 fully saturated rings. The van der Waals surface area contributed by atoms with E-state index in [2.05, 4.69) is 4.98 Å². The van der Waals surface area contributed by atoms with Crippen LogP contribution < -0.4 is 0 Å². The summed E-state index contributed by atoms with van der Waals surface area (Å²) >= 11 is 5.82. The van der Waals surface area contributed by atoms with Crippen molar-refractivity contribution in [3.63, 3.8) is 0 Å². The number of carbonyl (C=O) groups excluding carboxylic acids is 2. The van der Waals surface area contributed by atoms with Crippen LogP contribution in [0.25, 0.3) is 0 Å². The molecule has 114 valence electrons. The summed E-state index contributed by atoms with van der Waals surface area (Å²) in [6.07, 6.45) is 1.47. The van der Waals surface area contributed by atoms with Crippen LogP contribution in [0.3, 0.4) is 0 Å². The standard InChI is InChI=1S/C17H16ClNO3/c1-10-7-12(3)14(8-11(10)2)15(20)9-22-17(21)13-5-4-6-19-16(13)18/h4-8H,9H2,1-3H3. The molecule has 2 rings (SSSR count). The lowest BCUT2D eigenvalue weighted by molar-refractivity contribution is 0.0474. The van der Waals surface area contributed by atoms with Gasteiger partial charge in [-0.25, -0.2) is 9.78 Å². The summed E-state index contributed by atoms with van der Waals surface area (Å²) in [4.78, 5) is 27.9. The van der Waals surface area contributed by atoms with Gasteiger partial charge in [-0.05, 0) is 55.7 Å². The van der Waals surface area contributed by atoms with Gasteiger partial charge in [-0.2, -0.15) is 0 Å². The van der Waals surface area contributed by atoms with E-state index in [1.54, 1.807) is 6.07 Å². The highest BCUT2D eigenvalue weighted by Gasteiger charge is 2.16. The number of aromatic nitrogens is 1. The second-order valence-electron chi connectivity index (χ2n) is 5.09. The summed E-state index contributed by atoms with van der Waals surface area (Å²) in [5.41, 5.74) is 3.72.